The van der Waals surface area contributed by atoms with Crippen molar-refractivity contribution in [3.8, 4) is 11.3 Å². The highest BCUT2D eigenvalue weighted by molar-refractivity contribution is 7.14. The predicted molar refractivity (Wildman–Crippen MR) is 81.0 cm³/mol. The molecule has 0 saturated carbocycles. The topological polar surface area (TPSA) is 71.4 Å². The van der Waals surface area contributed by atoms with Gasteiger partial charge in [0.25, 0.3) is 0 Å². The van der Waals surface area contributed by atoms with E-state index in [1.54, 1.807) is 11.3 Å². The van der Waals surface area contributed by atoms with E-state index in [2.05, 4.69) is 14.9 Å². The molecule has 0 unspecified atom stereocenters. The van der Waals surface area contributed by atoms with E-state index in [-0.39, 0.29) is 0 Å². The smallest absolute Gasteiger partial charge is 0.408 e. The lowest BCUT2D eigenvalue weighted by atomic mass is 10.1. The molecule has 1 N–H and O–H groups in total. The van der Waals surface area contributed by atoms with E-state index in [9.17, 15) is 4.79 Å². The molecule has 0 aliphatic carbocycles. The number of thiazole rings is 1. The van der Waals surface area contributed by atoms with Gasteiger partial charge >= 0.3 is 5.76 Å². The van der Waals surface area contributed by atoms with Crippen LogP contribution in [0.5, 0.6) is 0 Å². The number of oxazole rings is 1. The second-order valence-electron chi connectivity index (χ2n) is 4.84. The number of fused-ring (bicyclic) bond motifs is 1. The molecule has 3 heterocycles. The van der Waals surface area contributed by atoms with Crippen LogP contribution in [-0.4, -0.2) is 36.3 Å². The molecule has 4 rings (SSSR count). The van der Waals surface area contributed by atoms with Gasteiger partial charge in [0.1, 0.15) is 0 Å². The molecule has 0 radical (unpaired) electrons. The molecule has 2 aromatic heterocycles. The van der Waals surface area contributed by atoms with Gasteiger partial charge in [-0.1, -0.05) is 6.07 Å². The molecule has 0 bridgehead atoms. The third-order valence-electron chi connectivity index (χ3n) is 3.49. The molecule has 21 heavy (non-hydrogen) atoms. The van der Waals surface area contributed by atoms with E-state index in [1.165, 1.54) is 0 Å². The van der Waals surface area contributed by atoms with Gasteiger partial charge < -0.3 is 14.1 Å². The number of benzene rings is 1. The van der Waals surface area contributed by atoms with E-state index in [0.29, 0.717) is 11.1 Å². The maximum atomic E-state index is 11.2. The summed E-state index contributed by atoms with van der Waals surface area (Å²) in [5.41, 5.74) is 3.10. The van der Waals surface area contributed by atoms with E-state index in [1.807, 2.05) is 23.6 Å². The van der Waals surface area contributed by atoms with Crippen molar-refractivity contribution in [2.24, 2.45) is 0 Å². The molecule has 108 valence electrons. The summed E-state index contributed by atoms with van der Waals surface area (Å²) in [6.07, 6.45) is 0. The summed E-state index contributed by atoms with van der Waals surface area (Å²) in [5.74, 6) is -0.436. The summed E-state index contributed by atoms with van der Waals surface area (Å²) in [6, 6.07) is 5.61. The third kappa shape index (κ3) is 2.34. The minimum absolute atomic E-state index is 0.436. The highest BCUT2D eigenvalue weighted by Crippen LogP contribution is 2.29. The van der Waals surface area contributed by atoms with Gasteiger partial charge in [0.05, 0.1) is 24.4 Å². The number of hydrogen-bond acceptors (Lipinski definition) is 6. The summed E-state index contributed by atoms with van der Waals surface area (Å²) < 4.78 is 10.4. The van der Waals surface area contributed by atoms with Crippen molar-refractivity contribution in [1.82, 2.24) is 9.97 Å². The molecule has 1 fully saturated rings. The van der Waals surface area contributed by atoms with Crippen molar-refractivity contribution < 1.29 is 9.15 Å². The molecule has 6 nitrogen and oxygen atoms in total. The second kappa shape index (κ2) is 5.01. The lowest BCUT2D eigenvalue weighted by molar-refractivity contribution is 0.122. The number of rotatable bonds is 2. The molecular weight excluding hydrogens is 290 g/mol. The van der Waals surface area contributed by atoms with Gasteiger partial charge in [-0.2, -0.15) is 0 Å². The van der Waals surface area contributed by atoms with Gasteiger partial charge in [-0.25, -0.2) is 9.78 Å². The number of morpholine rings is 1. The Morgan fingerprint density at radius 1 is 1.29 bits per heavy atom. The van der Waals surface area contributed by atoms with Crippen molar-refractivity contribution in [2.75, 3.05) is 31.2 Å². The molecule has 1 saturated heterocycles. The fraction of sp³-hybridized carbons (Fsp3) is 0.286. The number of nitrogens with one attached hydrogen (secondary N) is 1. The normalized spacial score (nSPS) is 15.7. The number of aromatic amines is 1. The molecule has 0 spiro atoms. The van der Waals surface area contributed by atoms with Crippen LogP contribution in [0.15, 0.2) is 32.8 Å². The summed E-state index contributed by atoms with van der Waals surface area (Å²) in [7, 11) is 0. The van der Waals surface area contributed by atoms with Gasteiger partial charge in [0.2, 0.25) is 0 Å². The van der Waals surface area contributed by atoms with Crippen molar-refractivity contribution in [3.05, 3.63) is 34.1 Å². The van der Waals surface area contributed by atoms with Gasteiger partial charge in [-0.05, 0) is 12.1 Å². The van der Waals surface area contributed by atoms with Gasteiger partial charge in [0.15, 0.2) is 10.7 Å². The first-order chi connectivity index (χ1) is 10.3. The number of hydrogen-bond donors (Lipinski definition) is 1. The summed E-state index contributed by atoms with van der Waals surface area (Å²) in [6.45, 7) is 3.24. The van der Waals surface area contributed by atoms with Crippen LogP contribution in [0, 0.1) is 0 Å². The minimum Gasteiger partial charge on any atom is -0.408 e. The summed E-state index contributed by atoms with van der Waals surface area (Å²) >= 11 is 1.62. The van der Waals surface area contributed by atoms with E-state index in [0.717, 1.165) is 42.7 Å². The lowest BCUT2D eigenvalue weighted by Crippen LogP contribution is -2.36. The molecule has 3 aromatic rings. The van der Waals surface area contributed by atoms with Crippen molar-refractivity contribution in [3.63, 3.8) is 0 Å². The SMILES string of the molecule is O=c1[nH]c2ccc(-c3csc(N4CCOCC4)n3)cc2o1. The lowest BCUT2D eigenvalue weighted by Gasteiger charge is -2.26. The standard InChI is InChI=1S/C14H13N3O3S/c18-14-16-10-2-1-9(7-12(10)20-14)11-8-21-13(15-11)17-3-5-19-6-4-17/h1-2,7-8H,3-6H2,(H,16,18). The molecule has 7 heteroatoms. The Morgan fingerprint density at radius 3 is 3.00 bits per heavy atom. The molecular formula is C14H13N3O3S. The zero-order valence-corrected chi connectivity index (χ0v) is 12.0. The van der Waals surface area contributed by atoms with E-state index in [4.69, 9.17) is 9.15 Å². The summed E-state index contributed by atoms with van der Waals surface area (Å²) in [4.78, 5) is 20.7. The van der Waals surface area contributed by atoms with Crippen LogP contribution < -0.4 is 10.7 Å². The Labute approximate surface area is 124 Å². The molecule has 0 atom stereocenters. The maximum Gasteiger partial charge on any atom is 0.417 e. The van der Waals surface area contributed by atoms with Crippen LogP contribution in [0.3, 0.4) is 0 Å². The van der Waals surface area contributed by atoms with Crippen LogP contribution in [0.2, 0.25) is 0 Å². The fourth-order valence-corrected chi connectivity index (χ4v) is 3.29. The number of aromatic nitrogens is 2. The summed E-state index contributed by atoms with van der Waals surface area (Å²) in [5, 5.41) is 3.03. The number of H-pyrrole nitrogens is 1. The maximum absolute atomic E-state index is 11.2. The van der Waals surface area contributed by atoms with Gasteiger partial charge in [-0.15, -0.1) is 11.3 Å². The quantitative estimate of drug-likeness (QED) is 0.785. The van der Waals surface area contributed by atoms with Crippen LogP contribution in [0.25, 0.3) is 22.4 Å². The van der Waals surface area contributed by atoms with E-state index < -0.39 is 5.76 Å². The second-order valence-corrected chi connectivity index (χ2v) is 5.68. The van der Waals surface area contributed by atoms with Crippen LogP contribution >= 0.6 is 11.3 Å². The third-order valence-corrected chi connectivity index (χ3v) is 4.39. The Morgan fingerprint density at radius 2 is 2.14 bits per heavy atom. The average Bonchev–Trinajstić information content (AvgIpc) is 3.12. The number of nitrogens with zero attached hydrogens (tertiary/aromatic N) is 2. The first-order valence-electron chi connectivity index (χ1n) is 6.71. The number of ether oxygens (including phenoxy) is 1. The van der Waals surface area contributed by atoms with Crippen LogP contribution in [-0.2, 0) is 4.74 Å². The largest absolute Gasteiger partial charge is 0.417 e. The molecule has 1 aromatic carbocycles. The highest BCUT2D eigenvalue weighted by atomic mass is 32.1. The van der Waals surface area contributed by atoms with Gasteiger partial charge in [-0.3, -0.25) is 4.98 Å². The Hall–Kier alpha value is -2.12. The highest BCUT2D eigenvalue weighted by Gasteiger charge is 2.15. The van der Waals surface area contributed by atoms with Crippen molar-refractivity contribution in [2.45, 2.75) is 0 Å². The monoisotopic (exact) mass is 303 g/mol. The van der Waals surface area contributed by atoms with Crippen molar-refractivity contribution in [1.29, 1.82) is 0 Å². The Bertz CT molecular complexity index is 829. The number of anilines is 1. The van der Waals surface area contributed by atoms with E-state index >= 15 is 0 Å². The zero-order valence-electron chi connectivity index (χ0n) is 11.2. The average molecular weight is 303 g/mol. The Balaban J connectivity index is 1.68. The first-order valence-corrected chi connectivity index (χ1v) is 7.59. The zero-order chi connectivity index (χ0) is 14.2. The van der Waals surface area contributed by atoms with Crippen LogP contribution in [0.4, 0.5) is 5.13 Å². The molecule has 0 amide bonds. The Kier molecular flexibility index (Phi) is 3.01. The van der Waals surface area contributed by atoms with Gasteiger partial charge in [0, 0.05) is 24.0 Å². The van der Waals surface area contributed by atoms with Crippen LogP contribution in [0.1, 0.15) is 0 Å². The minimum atomic E-state index is -0.436. The van der Waals surface area contributed by atoms with Crippen molar-refractivity contribution >= 4 is 27.6 Å². The first kappa shape index (κ1) is 12.6. The predicted octanol–water partition coefficient (Wildman–Crippen LogP) is 2.08. The molecule has 1 aliphatic heterocycles. The fourth-order valence-electron chi connectivity index (χ4n) is 2.40. The molecule has 1 aliphatic rings.